The molecule has 0 aliphatic carbocycles. The minimum absolute atomic E-state index is 0.0659. The van der Waals surface area contributed by atoms with E-state index in [2.05, 4.69) is 5.32 Å². The Hall–Kier alpha value is -3.38. The molecule has 0 saturated carbocycles. The number of nitrogens with zero attached hydrogens (tertiary/aromatic N) is 3. The lowest BCUT2D eigenvalue weighted by molar-refractivity contribution is -0.163. The minimum Gasteiger partial charge on any atom is -0.503 e. The van der Waals surface area contributed by atoms with Crippen LogP contribution < -0.4 is 10.7 Å². The van der Waals surface area contributed by atoms with Crippen LogP contribution in [-0.2, 0) is 20.9 Å². The van der Waals surface area contributed by atoms with Gasteiger partial charge in [0.2, 0.25) is 17.2 Å². The van der Waals surface area contributed by atoms with Crippen LogP contribution in [0, 0.1) is 11.8 Å². The van der Waals surface area contributed by atoms with Crippen molar-refractivity contribution in [1.82, 2.24) is 19.8 Å². The number of β-lactam (4-membered cyclic amide) rings is 1. The number of fused-ring (bicyclic) bond motifs is 1. The maximum Gasteiger partial charge on any atom is 0.352 e. The molecule has 1 aromatic rings. The van der Waals surface area contributed by atoms with Gasteiger partial charge in [0.25, 0.3) is 0 Å². The van der Waals surface area contributed by atoms with Crippen molar-refractivity contribution in [2.45, 2.75) is 32.5 Å². The first-order chi connectivity index (χ1) is 14.9. The quantitative estimate of drug-likeness (QED) is 0.234. The molecular formula is C20H26N4O8. The summed E-state index contributed by atoms with van der Waals surface area (Å²) in [6.07, 6.45) is -0.0733. The summed E-state index contributed by atoms with van der Waals surface area (Å²) in [5, 5.41) is 41.1. The number of pyridine rings is 1. The predicted molar refractivity (Wildman–Crippen MR) is 109 cm³/mol. The molecule has 174 valence electrons. The van der Waals surface area contributed by atoms with Crippen molar-refractivity contribution in [1.29, 1.82) is 0 Å². The van der Waals surface area contributed by atoms with Crippen LogP contribution in [0.3, 0.4) is 0 Å². The van der Waals surface area contributed by atoms with E-state index >= 15 is 0 Å². The van der Waals surface area contributed by atoms with Crippen molar-refractivity contribution in [2.24, 2.45) is 11.8 Å². The number of carbonyl (C=O) groups excluding carboxylic acids is 2. The topological polar surface area (TPSA) is 173 Å². The Morgan fingerprint density at radius 3 is 2.56 bits per heavy atom. The van der Waals surface area contributed by atoms with Crippen LogP contribution in [0.25, 0.3) is 0 Å². The summed E-state index contributed by atoms with van der Waals surface area (Å²) in [4.78, 5) is 50.8. The molecule has 1 fully saturated rings. The molecule has 0 bridgehead atoms. The Labute approximate surface area is 182 Å². The molecule has 32 heavy (non-hydrogen) atoms. The SMILES string of the molecule is C[C@@H](O)[C@H]1C(=O)N2C(C(=O)O)=C(CN(C)CC(=O)NCc3cc(=O)c(O)cn3O)[C@H](C)[C@H]12. The summed E-state index contributed by atoms with van der Waals surface area (Å²) >= 11 is 0. The lowest BCUT2D eigenvalue weighted by Crippen LogP contribution is -2.63. The van der Waals surface area contributed by atoms with E-state index < -0.39 is 47.0 Å². The second-order valence-electron chi connectivity index (χ2n) is 8.24. The first kappa shape index (κ1) is 23.3. The van der Waals surface area contributed by atoms with Crippen LogP contribution in [0.2, 0.25) is 0 Å². The number of nitrogens with one attached hydrogen (secondary N) is 1. The second-order valence-corrected chi connectivity index (χ2v) is 8.24. The van der Waals surface area contributed by atoms with Gasteiger partial charge in [-0.2, -0.15) is 4.73 Å². The van der Waals surface area contributed by atoms with Crippen LogP contribution in [0.15, 0.2) is 28.3 Å². The molecule has 5 N–H and O–H groups in total. The molecule has 0 spiro atoms. The van der Waals surface area contributed by atoms with E-state index in [1.54, 1.807) is 18.9 Å². The largest absolute Gasteiger partial charge is 0.503 e. The van der Waals surface area contributed by atoms with Crippen molar-refractivity contribution in [3.63, 3.8) is 0 Å². The first-order valence-corrected chi connectivity index (χ1v) is 10.0. The zero-order valence-corrected chi connectivity index (χ0v) is 17.8. The van der Waals surface area contributed by atoms with Crippen molar-refractivity contribution in [3.8, 4) is 5.75 Å². The Morgan fingerprint density at radius 1 is 1.31 bits per heavy atom. The molecule has 0 aromatic carbocycles. The minimum atomic E-state index is -1.24. The third-order valence-corrected chi connectivity index (χ3v) is 5.93. The number of carboxylic acid groups (broad SMARTS) is 1. The molecule has 2 aliphatic rings. The molecule has 12 nitrogen and oxygen atoms in total. The van der Waals surface area contributed by atoms with Gasteiger partial charge < -0.3 is 30.7 Å². The number of aromatic hydroxyl groups is 1. The second kappa shape index (κ2) is 8.63. The van der Waals surface area contributed by atoms with E-state index in [4.69, 9.17) is 0 Å². The summed E-state index contributed by atoms with van der Waals surface area (Å²) in [5.74, 6) is -3.70. The molecule has 2 aliphatic heterocycles. The highest BCUT2D eigenvalue weighted by Gasteiger charge is 2.59. The van der Waals surface area contributed by atoms with Gasteiger partial charge in [-0.3, -0.25) is 19.3 Å². The Bertz CT molecular complexity index is 1050. The molecule has 12 heteroatoms. The standard InChI is InChI=1S/C20H26N4O8/c1-9-12(18(20(30)31)24-17(9)16(10(2)25)19(24)29)6-22(3)8-15(28)21-5-11-4-13(26)14(27)7-23(11)32/h4,7,9-10,16-17,25,27,32H,5-6,8H2,1-3H3,(H,21,28)(H,30,31)/t9-,10+,16+,17+/m0/s1. The fourth-order valence-electron chi connectivity index (χ4n) is 4.38. The van der Waals surface area contributed by atoms with Gasteiger partial charge >= 0.3 is 5.97 Å². The monoisotopic (exact) mass is 450 g/mol. The predicted octanol–water partition coefficient (Wildman–Crippen LogP) is -1.46. The lowest BCUT2D eigenvalue weighted by Gasteiger charge is -2.46. The van der Waals surface area contributed by atoms with Crippen LogP contribution in [0.5, 0.6) is 5.75 Å². The van der Waals surface area contributed by atoms with E-state index in [0.29, 0.717) is 10.3 Å². The Balaban J connectivity index is 1.65. The molecule has 3 heterocycles. The van der Waals surface area contributed by atoms with Gasteiger partial charge in [-0.05, 0) is 19.5 Å². The third kappa shape index (κ3) is 4.06. The number of aliphatic carboxylic acids is 1. The number of hydrogen-bond donors (Lipinski definition) is 5. The van der Waals surface area contributed by atoms with Crippen molar-refractivity contribution in [2.75, 3.05) is 20.1 Å². The van der Waals surface area contributed by atoms with E-state index in [9.17, 15) is 39.7 Å². The van der Waals surface area contributed by atoms with E-state index in [0.717, 1.165) is 12.3 Å². The molecule has 1 aromatic heterocycles. The first-order valence-electron chi connectivity index (χ1n) is 10.0. The van der Waals surface area contributed by atoms with E-state index in [1.807, 2.05) is 0 Å². The van der Waals surface area contributed by atoms with Gasteiger partial charge in [0.15, 0.2) is 5.75 Å². The summed E-state index contributed by atoms with van der Waals surface area (Å²) in [7, 11) is 1.62. The number of aromatic nitrogens is 1. The Kier molecular flexibility index (Phi) is 6.28. The van der Waals surface area contributed by atoms with Crippen LogP contribution in [0.1, 0.15) is 19.5 Å². The number of aliphatic hydroxyl groups excluding tert-OH is 1. The maximum absolute atomic E-state index is 12.4. The van der Waals surface area contributed by atoms with Gasteiger partial charge in [0, 0.05) is 18.5 Å². The number of rotatable bonds is 8. The number of carboxylic acids is 1. The number of hydrogen-bond acceptors (Lipinski definition) is 8. The van der Waals surface area contributed by atoms with Crippen molar-refractivity contribution < 1.29 is 34.9 Å². The van der Waals surface area contributed by atoms with Crippen LogP contribution in [0.4, 0.5) is 0 Å². The van der Waals surface area contributed by atoms with Gasteiger partial charge in [0.1, 0.15) is 5.70 Å². The zero-order valence-electron chi connectivity index (χ0n) is 17.8. The lowest BCUT2D eigenvalue weighted by atomic mass is 9.77. The highest BCUT2D eigenvalue weighted by Crippen LogP contribution is 2.47. The van der Waals surface area contributed by atoms with Gasteiger partial charge in [-0.1, -0.05) is 6.92 Å². The van der Waals surface area contributed by atoms with Crippen molar-refractivity contribution in [3.05, 3.63) is 39.5 Å². The molecule has 0 radical (unpaired) electrons. The molecular weight excluding hydrogens is 424 g/mol. The summed E-state index contributed by atoms with van der Waals surface area (Å²) in [6.45, 7) is 3.13. The number of carbonyl (C=O) groups is 3. The van der Waals surface area contributed by atoms with Gasteiger partial charge in [-0.25, -0.2) is 4.79 Å². The van der Waals surface area contributed by atoms with E-state index in [1.165, 1.54) is 11.8 Å². The molecule has 1 saturated heterocycles. The fourth-order valence-corrected chi connectivity index (χ4v) is 4.38. The molecule has 4 atom stereocenters. The Morgan fingerprint density at radius 2 is 1.97 bits per heavy atom. The maximum atomic E-state index is 12.4. The van der Waals surface area contributed by atoms with E-state index in [-0.39, 0.29) is 36.9 Å². The molecule has 2 amide bonds. The smallest absolute Gasteiger partial charge is 0.352 e. The summed E-state index contributed by atoms with van der Waals surface area (Å²) < 4.78 is 0.532. The number of likely N-dealkylation sites (N-methyl/N-ethyl adjacent to an activating group) is 1. The van der Waals surface area contributed by atoms with Crippen LogP contribution >= 0.6 is 0 Å². The third-order valence-electron chi connectivity index (χ3n) is 5.93. The summed E-state index contributed by atoms with van der Waals surface area (Å²) in [5.41, 5.74) is -0.243. The average molecular weight is 450 g/mol. The fraction of sp³-hybridized carbons (Fsp3) is 0.500. The van der Waals surface area contributed by atoms with Crippen LogP contribution in [-0.4, -0.2) is 85.1 Å². The normalized spacial score (nSPS) is 23.2. The highest BCUT2D eigenvalue weighted by molar-refractivity contribution is 6.00. The van der Waals surface area contributed by atoms with Crippen molar-refractivity contribution >= 4 is 17.8 Å². The average Bonchev–Trinajstić information content (AvgIpc) is 2.92. The highest BCUT2D eigenvalue weighted by atomic mass is 16.5. The molecule has 0 unspecified atom stereocenters. The summed E-state index contributed by atoms with van der Waals surface area (Å²) in [6, 6.07) is 0.560. The van der Waals surface area contributed by atoms with Gasteiger partial charge in [-0.15, -0.1) is 0 Å². The zero-order chi connectivity index (χ0) is 23.9. The number of amides is 2. The number of aliphatic hydroxyl groups is 1. The molecule has 3 rings (SSSR count). The van der Waals surface area contributed by atoms with Gasteiger partial charge in [0.05, 0.1) is 43.0 Å².